The minimum atomic E-state index is 0.691. The van der Waals surface area contributed by atoms with Crippen molar-refractivity contribution in [3.05, 3.63) is 38.9 Å². The van der Waals surface area contributed by atoms with Gasteiger partial charge in [0.2, 0.25) is 0 Å². The Morgan fingerprint density at radius 3 is 2.79 bits per heavy atom. The van der Waals surface area contributed by atoms with Crippen LogP contribution in [0.5, 0.6) is 0 Å². The summed E-state index contributed by atoms with van der Waals surface area (Å²) < 4.78 is 1.02. The predicted molar refractivity (Wildman–Crippen MR) is 86.6 cm³/mol. The van der Waals surface area contributed by atoms with E-state index in [1.807, 2.05) is 37.4 Å². The number of imidazole rings is 1. The average Bonchev–Trinajstić information content (AvgIpc) is 2.84. The number of nitrogens with zero attached hydrogens (tertiary/aromatic N) is 2. The molecule has 1 aromatic carbocycles. The van der Waals surface area contributed by atoms with Gasteiger partial charge in [-0.05, 0) is 46.9 Å². The summed E-state index contributed by atoms with van der Waals surface area (Å²) in [6, 6.07) is 9.73. The quantitative estimate of drug-likeness (QED) is 0.658. The highest BCUT2D eigenvalue weighted by atomic mass is 127. The van der Waals surface area contributed by atoms with Gasteiger partial charge in [-0.15, -0.1) is 0 Å². The molecule has 0 atom stereocenters. The summed E-state index contributed by atoms with van der Waals surface area (Å²) in [5.41, 5.74) is 2.55. The zero-order valence-corrected chi connectivity index (χ0v) is 13.0. The molecule has 0 spiro atoms. The number of pyridine rings is 1. The van der Waals surface area contributed by atoms with Gasteiger partial charge < -0.3 is 10.3 Å². The number of anilines is 1. The molecular formula is C13H10ClIN4. The molecule has 2 aromatic heterocycles. The van der Waals surface area contributed by atoms with Gasteiger partial charge in [0.25, 0.3) is 0 Å². The van der Waals surface area contributed by atoms with Crippen LogP contribution in [0.15, 0.2) is 30.3 Å². The smallest absolute Gasteiger partial charge is 0.180 e. The molecule has 0 aliphatic rings. The van der Waals surface area contributed by atoms with Gasteiger partial charge in [-0.3, -0.25) is 0 Å². The lowest BCUT2D eigenvalue weighted by Gasteiger charge is -1.99. The van der Waals surface area contributed by atoms with Crippen LogP contribution in [-0.4, -0.2) is 22.0 Å². The largest absolute Gasteiger partial charge is 0.373 e. The zero-order valence-electron chi connectivity index (χ0n) is 10.0. The summed E-state index contributed by atoms with van der Waals surface area (Å²) in [5.74, 6) is 1.57. The molecule has 0 aliphatic carbocycles. The van der Waals surface area contributed by atoms with Crippen LogP contribution in [0, 0.1) is 3.57 Å². The third-order valence-corrected chi connectivity index (χ3v) is 4.37. The van der Waals surface area contributed by atoms with E-state index < -0.39 is 0 Å². The normalized spacial score (nSPS) is 10.9. The molecule has 19 heavy (non-hydrogen) atoms. The monoisotopic (exact) mass is 384 g/mol. The molecule has 0 radical (unpaired) electrons. The summed E-state index contributed by atoms with van der Waals surface area (Å²) >= 11 is 8.34. The van der Waals surface area contributed by atoms with Crippen molar-refractivity contribution < 1.29 is 0 Å². The number of aromatic amines is 1. The SMILES string of the molecule is CNc1ccc2[nH]c(-c3ccc(I)c(Cl)c3)nc2n1. The van der Waals surface area contributed by atoms with Crippen LogP contribution >= 0.6 is 34.2 Å². The summed E-state index contributed by atoms with van der Waals surface area (Å²) in [7, 11) is 1.83. The fraction of sp³-hybridized carbons (Fsp3) is 0.0769. The Morgan fingerprint density at radius 2 is 2.05 bits per heavy atom. The summed E-state index contributed by atoms with van der Waals surface area (Å²) in [4.78, 5) is 12.1. The van der Waals surface area contributed by atoms with E-state index in [2.05, 4.69) is 42.9 Å². The van der Waals surface area contributed by atoms with Gasteiger partial charge in [0, 0.05) is 16.2 Å². The maximum absolute atomic E-state index is 6.14. The number of benzene rings is 1. The number of fused-ring (bicyclic) bond motifs is 1. The van der Waals surface area contributed by atoms with E-state index in [0.717, 1.165) is 31.3 Å². The van der Waals surface area contributed by atoms with Crippen LogP contribution < -0.4 is 5.32 Å². The summed E-state index contributed by atoms with van der Waals surface area (Å²) in [6.45, 7) is 0. The minimum Gasteiger partial charge on any atom is -0.373 e. The predicted octanol–water partition coefficient (Wildman–Crippen LogP) is 3.92. The lowest BCUT2D eigenvalue weighted by Crippen LogP contribution is -1.91. The molecule has 6 heteroatoms. The Balaban J connectivity index is 2.11. The van der Waals surface area contributed by atoms with Gasteiger partial charge in [-0.1, -0.05) is 17.7 Å². The van der Waals surface area contributed by atoms with Crippen molar-refractivity contribution in [2.75, 3.05) is 12.4 Å². The average molecular weight is 385 g/mol. The van der Waals surface area contributed by atoms with Gasteiger partial charge in [0.1, 0.15) is 11.6 Å². The number of hydrogen-bond acceptors (Lipinski definition) is 3. The van der Waals surface area contributed by atoms with Crippen LogP contribution in [0.2, 0.25) is 5.02 Å². The van der Waals surface area contributed by atoms with E-state index in [1.165, 1.54) is 0 Å². The number of halogens is 2. The van der Waals surface area contributed by atoms with Crippen molar-refractivity contribution in [2.24, 2.45) is 0 Å². The molecule has 4 nitrogen and oxygen atoms in total. The van der Waals surface area contributed by atoms with Crippen LogP contribution in [-0.2, 0) is 0 Å². The molecule has 0 amide bonds. The van der Waals surface area contributed by atoms with Crippen LogP contribution in [0.25, 0.3) is 22.6 Å². The van der Waals surface area contributed by atoms with E-state index in [-0.39, 0.29) is 0 Å². The molecule has 0 bridgehead atoms. The van der Waals surface area contributed by atoms with Crippen molar-refractivity contribution in [1.82, 2.24) is 15.0 Å². The lowest BCUT2D eigenvalue weighted by molar-refractivity contribution is 1.28. The van der Waals surface area contributed by atoms with Crippen molar-refractivity contribution in [1.29, 1.82) is 0 Å². The number of nitrogens with one attached hydrogen (secondary N) is 2. The van der Waals surface area contributed by atoms with Gasteiger partial charge in [0.15, 0.2) is 5.65 Å². The first-order valence-corrected chi connectivity index (χ1v) is 7.13. The van der Waals surface area contributed by atoms with E-state index in [0.29, 0.717) is 5.65 Å². The van der Waals surface area contributed by atoms with E-state index >= 15 is 0 Å². The Kier molecular flexibility index (Phi) is 3.32. The Labute approximate surface area is 128 Å². The number of H-pyrrole nitrogens is 1. The fourth-order valence-electron chi connectivity index (χ4n) is 1.81. The second kappa shape index (κ2) is 4.97. The Bertz CT molecular complexity index is 753. The molecule has 0 unspecified atom stereocenters. The maximum atomic E-state index is 6.14. The second-order valence-electron chi connectivity index (χ2n) is 4.03. The van der Waals surface area contributed by atoms with E-state index in [4.69, 9.17) is 11.6 Å². The van der Waals surface area contributed by atoms with Gasteiger partial charge >= 0.3 is 0 Å². The van der Waals surface area contributed by atoms with E-state index in [1.54, 1.807) is 0 Å². The molecule has 3 aromatic rings. The van der Waals surface area contributed by atoms with Gasteiger partial charge in [0.05, 0.1) is 10.5 Å². The van der Waals surface area contributed by atoms with Crippen LogP contribution in [0.3, 0.4) is 0 Å². The van der Waals surface area contributed by atoms with Crippen molar-refractivity contribution in [3.8, 4) is 11.4 Å². The zero-order chi connectivity index (χ0) is 13.4. The highest BCUT2D eigenvalue weighted by molar-refractivity contribution is 14.1. The molecule has 96 valence electrons. The third kappa shape index (κ3) is 2.40. The molecule has 0 aliphatic heterocycles. The van der Waals surface area contributed by atoms with E-state index in [9.17, 15) is 0 Å². The first-order chi connectivity index (χ1) is 9.17. The van der Waals surface area contributed by atoms with Crippen LogP contribution in [0.4, 0.5) is 5.82 Å². The topological polar surface area (TPSA) is 53.6 Å². The lowest BCUT2D eigenvalue weighted by atomic mass is 10.2. The summed E-state index contributed by atoms with van der Waals surface area (Å²) in [6.07, 6.45) is 0. The fourth-order valence-corrected chi connectivity index (χ4v) is 2.33. The Hall–Kier alpha value is -1.34. The van der Waals surface area contributed by atoms with Crippen LogP contribution in [0.1, 0.15) is 0 Å². The van der Waals surface area contributed by atoms with Gasteiger partial charge in [-0.25, -0.2) is 9.97 Å². The molecule has 3 rings (SSSR count). The summed E-state index contributed by atoms with van der Waals surface area (Å²) in [5, 5.41) is 3.72. The number of rotatable bonds is 2. The second-order valence-corrected chi connectivity index (χ2v) is 5.60. The molecular weight excluding hydrogens is 375 g/mol. The first-order valence-electron chi connectivity index (χ1n) is 5.67. The molecule has 0 saturated carbocycles. The molecule has 0 saturated heterocycles. The Morgan fingerprint density at radius 1 is 1.21 bits per heavy atom. The third-order valence-electron chi connectivity index (χ3n) is 2.80. The number of hydrogen-bond donors (Lipinski definition) is 2. The van der Waals surface area contributed by atoms with Crippen molar-refractivity contribution >= 4 is 51.2 Å². The maximum Gasteiger partial charge on any atom is 0.180 e. The standard InChI is InChI=1S/C13H10ClIN4/c1-16-11-5-4-10-13(18-11)19-12(17-10)7-2-3-9(15)8(14)6-7/h2-6H,1H3,(H2,16,17,18,19). The molecule has 0 fully saturated rings. The molecule has 2 heterocycles. The van der Waals surface area contributed by atoms with Crippen molar-refractivity contribution in [2.45, 2.75) is 0 Å². The molecule has 2 N–H and O–H groups in total. The number of aromatic nitrogens is 3. The highest BCUT2D eigenvalue weighted by Crippen LogP contribution is 2.26. The highest BCUT2D eigenvalue weighted by Gasteiger charge is 2.08. The first kappa shape index (κ1) is 12.7. The van der Waals surface area contributed by atoms with Gasteiger partial charge in [-0.2, -0.15) is 0 Å². The van der Waals surface area contributed by atoms with Crippen molar-refractivity contribution in [3.63, 3.8) is 0 Å². The minimum absolute atomic E-state index is 0.691.